The van der Waals surface area contributed by atoms with Crippen LogP contribution in [-0.2, 0) is 25.6 Å². The Morgan fingerprint density at radius 2 is 1.93 bits per heavy atom. The van der Waals surface area contributed by atoms with E-state index in [4.69, 9.17) is 23.7 Å². The van der Waals surface area contributed by atoms with Gasteiger partial charge >= 0.3 is 0 Å². The van der Waals surface area contributed by atoms with Crippen molar-refractivity contribution in [3.8, 4) is 5.75 Å². The summed E-state index contributed by atoms with van der Waals surface area (Å²) in [7, 11) is 1.63. The van der Waals surface area contributed by atoms with Gasteiger partial charge in [-0.25, -0.2) is 0 Å². The van der Waals surface area contributed by atoms with Gasteiger partial charge in [0.2, 0.25) is 0 Å². The van der Waals surface area contributed by atoms with E-state index in [1.165, 1.54) is 0 Å². The first kappa shape index (κ1) is 20.3. The van der Waals surface area contributed by atoms with Gasteiger partial charge in [0.1, 0.15) is 23.6 Å². The molecule has 7 nitrogen and oxygen atoms in total. The van der Waals surface area contributed by atoms with Crippen molar-refractivity contribution in [1.29, 1.82) is 0 Å². The van der Waals surface area contributed by atoms with Gasteiger partial charge in [0.15, 0.2) is 12.1 Å². The zero-order valence-corrected chi connectivity index (χ0v) is 16.0. The van der Waals surface area contributed by atoms with Crippen LogP contribution in [0.2, 0.25) is 0 Å². The van der Waals surface area contributed by atoms with Crippen molar-refractivity contribution in [3.05, 3.63) is 42.0 Å². The number of hydrogen-bond acceptors (Lipinski definition) is 7. The molecule has 2 heterocycles. The molecule has 2 aliphatic heterocycles. The van der Waals surface area contributed by atoms with E-state index >= 15 is 0 Å². The van der Waals surface area contributed by atoms with Gasteiger partial charge in [0, 0.05) is 0 Å². The lowest BCUT2D eigenvalue weighted by Crippen LogP contribution is -2.48. The first-order valence-corrected chi connectivity index (χ1v) is 9.10. The van der Waals surface area contributed by atoms with Gasteiger partial charge in [-0.05, 0) is 38.0 Å². The van der Waals surface area contributed by atoms with Crippen LogP contribution in [0.3, 0.4) is 0 Å². The molecule has 7 heteroatoms. The molecule has 0 radical (unpaired) electrons. The molecule has 0 aliphatic carbocycles. The minimum atomic E-state index is -1.44. The molecule has 0 amide bonds. The fourth-order valence-corrected chi connectivity index (χ4v) is 3.32. The Morgan fingerprint density at radius 3 is 2.59 bits per heavy atom. The van der Waals surface area contributed by atoms with Crippen LogP contribution < -0.4 is 4.74 Å². The summed E-state index contributed by atoms with van der Waals surface area (Å²) in [6, 6.07) is 7.70. The second-order valence-electron chi connectivity index (χ2n) is 7.21. The predicted molar refractivity (Wildman–Crippen MR) is 97.1 cm³/mol. The summed E-state index contributed by atoms with van der Waals surface area (Å²) in [6.07, 6.45) is 1.88. The normalized spacial score (nSPS) is 32.1. The van der Waals surface area contributed by atoms with Crippen LogP contribution in [0.5, 0.6) is 5.75 Å². The van der Waals surface area contributed by atoms with Crippen molar-refractivity contribution in [2.45, 2.75) is 56.8 Å². The lowest BCUT2D eigenvalue weighted by Gasteiger charge is -2.30. The Labute approximate surface area is 159 Å². The number of aliphatic hydroxyl groups excluding tert-OH is 1. The van der Waals surface area contributed by atoms with Crippen molar-refractivity contribution >= 4 is 0 Å². The molecule has 1 aromatic rings. The maximum atomic E-state index is 11.0. The van der Waals surface area contributed by atoms with Crippen molar-refractivity contribution in [3.63, 3.8) is 0 Å². The van der Waals surface area contributed by atoms with E-state index in [0.717, 1.165) is 11.3 Å². The lowest BCUT2D eigenvalue weighted by molar-refractivity contribution is -0.227. The van der Waals surface area contributed by atoms with Gasteiger partial charge in [-0.1, -0.05) is 24.3 Å². The van der Waals surface area contributed by atoms with E-state index in [1.807, 2.05) is 30.3 Å². The average molecular weight is 380 g/mol. The highest BCUT2D eigenvalue weighted by Gasteiger charge is 2.61. The molecule has 27 heavy (non-hydrogen) atoms. The zero-order chi connectivity index (χ0) is 19.5. The van der Waals surface area contributed by atoms with Crippen molar-refractivity contribution in [2.24, 2.45) is 0 Å². The molecule has 0 saturated carbocycles. The summed E-state index contributed by atoms with van der Waals surface area (Å²) < 4.78 is 27.8. The van der Waals surface area contributed by atoms with Crippen LogP contribution in [0.15, 0.2) is 36.4 Å². The van der Waals surface area contributed by atoms with Crippen LogP contribution in [0.25, 0.3) is 0 Å². The summed E-state index contributed by atoms with van der Waals surface area (Å²) in [6.45, 7) is 4.20. The molecule has 2 aliphatic rings. The molecule has 150 valence electrons. The SMILES string of the molecule is COc1ccc(COCC/C=C/[C@@]2(O)[C@@H](CO)O[C@@H]3OC(C)(C)O[C@@H]32)cc1. The number of ether oxygens (including phenoxy) is 5. The van der Waals surface area contributed by atoms with Crippen molar-refractivity contribution in [2.75, 3.05) is 20.3 Å². The van der Waals surface area contributed by atoms with E-state index in [9.17, 15) is 10.2 Å². The van der Waals surface area contributed by atoms with Gasteiger partial charge in [-0.3, -0.25) is 0 Å². The second-order valence-corrected chi connectivity index (χ2v) is 7.21. The summed E-state index contributed by atoms with van der Waals surface area (Å²) in [5.41, 5.74) is -0.382. The van der Waals surface area contributed by atoms with Crippen LogP contribution in [0, 0.1) is 0 Å². The Hall–Kier alpha value is -1.48. The van der Waals surface area contributed by atoms with Gasteiger partial charge in [0.05, 0.1) is 26.9 Å². The van der Waals surface area contributed by atoms with E-state index in [-0.39, 0.29) is 6.61 Å². The van der Waals surface area contributed by atoms with Crippen LogP contribution in [-0.4, -0.2) is 60.4 Å². The van der Waals surface area contributed by atoms with Gasteiger partial charge < -0.3 is 33.9 Å². The molecule has 4 atom stereocenters. The number of rotatable bonds is 8. The number of fused-ring (bicyclic) bond motifs is 1. The molecular formula is C20H28O7. The zero-order valence-electron chi connectivity index (χ0n) is 16.0. The van der Waals surface area contributed by atoms with Gasteiger partial charge in [-0.15, -0.1) is 0 Å². The molecule has 2 saturated heterocycles. The minimum absolute atomic E-state index is 0.324. The number of hydrogen-bond donors (Lipinski definition) is 2. The molecule has 2 fully saturated rings. The molecule has 1 aromatic carbocycles. The summed E-state index contributed by atoms with van der Waals surface area (Å²) in [5, 5.41) is 20.5. The largest absolute Gasteiger partial charge is 0.497 e. The van der Waals surface area contributed by atoms with Crippen LogP contribution >= 0.6 is 0 Å². The standard InChI is InChI=1S/C20H28O7/c1-19(2)26-17-18(27-19)25-16(12-21)20(17,22)10-4-5-11-24-13-14-6-8-15(23-3)9-7-14/h4,6-10,16-18,21-22H,5,11-13H2,1-3H3/b10-4+/t16-,17+,18-,20-/m1/s1. The Kier molecular flexibility index (Phi) is 6.20. The third-order valence-corrected chi connectivity index (χ3v) is 4.74. The number of methoxy groups -OCH3 is 1. The maximum absolute atomic E-state index is 11.0. The third kappa shape index (κ3) is 4.51. The highest BCUT2D eigenvalue weighted by atomic mass is 16.8. The maximum Gasteiger partial charge on any atom is 0.191 e. The Balaban J connectivity index is 1.49. The molecule has 0 spiro atoms. The van der Waals surface area contributed by atoms with Crippen molar-refractivity contribution < 1.29 is 33.9 Å². The smallest absolute Gasteiger partial charge is 0.191 e. The summed E-state index contributed by atoms with van der Waals surface area (Å²) in [4.78, 5) is 0. The molecule has 2 N–H and O–H groups in total. The van der Waals surface area contributed by atoms with Gasteiger partial charge in [0.25, 0.3) is 0 Å². The monoisotopic (exact) mass is 380 g/mol. The Morgan fingerprint density at radius 1 is 1.19 bits per heavy atom. The Bertz CT molecular complexity index is 642. The van der Waals surface area contributed by atoms with Gasteiger partial charge in [-0.2, -0.15) is 0 Å². The fraction of sp³-hybridized carbons (Fsp3) is 0.600. The quantitative estimate of drug-likeness (QED) is 0.525. The van der Waals surface area contributed by atoms with E-state index in [0.29, 0.717) is 19.6 Å². The fourth-order valence-electron chi connectivity index (χ4n) is 3.32. The minimum Gasteiger partial charge on any atom is -0.497 e. The summed E-state index contributed by atoms with van der Waals surface area (Å²) >= 11 is 0. The highest BCUT2D eigenvalue weighted by molar-refractivity contribution is 5.26. The second kappa shape index (κ2) is 8.26. The van der Waals surface area contributed by atoms with E-state index in [1.54, 1.807) is 27.0 Å². The average Bonchev–Trinajstić information content (AvgIpc) is 3.09. The van der Waals surface area contributed by atoms with E-state index < -0.39 is 29.9 Å². The highest BCUT2D eigenvalue weighted by Crippen LogP contribution is 2.43. The molecule has 0 unspecified atom stereocenters. The number of benzene rings is 1. The molecule has 0 aromatic heterocycles. The summed E-state index contributed by atoms with van der Waals surface area (Å²) in [5.74, 6) is -0.0225. The third-order valence-electron chi connectivity index (χ3n) is 4.74. The van der Waals surface area contributed by atoms with Crippen LogP contribution in [0.1, 0.15) is 25.8 Å². The molecule has 0 bridgehead atoms. The first-order valence-electron chi connectivity index (χ1n) is 9.10. The lowest BCUT2D eigenvalue weighted by atomic mass is 9.92. The molecular weight excluding hydrogens is 352 g/mol. The van der Waals surface area contributed by atoms with Crippen molar-refractivity contribution in [1.82, 2.24) is 0 Å². The van der Waals surface area contributed by atoms with Crippen LogP contribution in [0.4, 0.5) is 0 Å². The first-order chi connectivity index (χ1) is 12.9. The van der Waals surface area contributed by atoms with E-state index in [2.05, 4.69) is 0 Å². The molecule has 3 rings (SSSR count). The topological polar surface area (TPSA) is 86.6 Å². The predicted octanol–water partition coefficient (Wildman–Crippen LogP) is 1.76. The number of aliphatic hydroxyl groups is 2.